The number of benzene rings is 3. The van der Waals surface area contributed by atoms with Crippen LogP contribution in [0.15, 0.2) is 83.3 Å². The Balaban J connectivity index is 1.44. The van der Waals surface area contributed by atoms with Crippen molar-refractivity contribution in [3.63, 3.8) is 0 Å². The van der Waals surface area contributed by atoms with Crippen molar-refractivity contribution in [2.24, 2.45) is 5.10 Å². The van der Waals surface area contributed by atoms with Crippen molar-refractivity contribution in [2.75, 3.05) is 0 Å². The van der Waals surface area contributed by atoms with Gasteiger partial charge in [-0.1, -0.05) is 48.5 Å². The summed E-state index contributed by atoms with van der Waals surface area (Å²) in [5.41, 5.74) is 2.41. The third-order valence-corrected chi connectivity index (χ3v) is 6.57. The molecule has 0 saturated heterocycles. The number of hydrogen-bond acceptors (Lipinski definition) is 7. The lowest BCUT2D eigenvalue weighted by Gasteiger charge is -2.06. The molecular formula is C26H17F3N6O3S. The van der Waals surface area contributed by atoms with Crippen molar-refractivity contribution in [1.29, 1.82) is 0 Å². The van der Waals surface area contributed by atoms with Crippen LogP contribution in [0.5, 0.6) is 0 Å². The lowest BCUT2D eigenvalue weighted by atomic mass is 10.0. The van der Waals surface area contributed by atoms with Gasteiger partial charge in [0.1, 0.15) is 5.69 Å². The highest BCUT2D eigenvalue weighted by Gasteiger charge is 2.35. The lowest BCUT2D eigenvalue weighted by Crippen LogP contribution is -2.20. The van der Waals surface area contributed by atoms with Gasteiger partial charge < -0.3 is 0 Å². The van der Waals surface area contributed by atoms with Gasteiger partial charge in [0.15, 0.2) is 5.69 Å². The molecule has 0 spiro atoms. The zero-order valence-electron chi connectivity index (χ0n) is 20.0. The number of hydrazone groups is 1. The third kappa shape index (κ3) is 5.38. The van der Waals surface area contributed by atoms with E-state index in [1.165, 1.54) is 23.6 Å². The number of nitro benzene ring substituents is 1. The summed E-state index contributed by atoms with van der Waals surface area (Å²) in [7, 11) is 0. The van der Waals surface area contributed by atoms with Gasteiger partial charge in [0.2, 0.25) is 5.13 Å². The molecule has 1 amide bonds. The number of alkyl halides is 3. The summed E-state index contributed by atoms with van der Waals surface area (Å²) >= 11 is 0.941. The van der Waals surface area contributed by atoms with E-state index in [1.807, 2.05) is 24.3 Å². The van der Waals surface area contributed by atoms with E-state index in [1.54, 1.807) is 31.2 Å². The molecule has 0 aliphatic heterocycles. The number of carbonyl (C=O) groups is 1. The van der Waals surface area contributed by atoms with E-state index < -0.39 is 22.7 Å². The first-order chi connectivity index (χ1) is 18.6. The summed E-state index contributed by atoms with van der Waals surface area (Å²) in [5, 5.41) is 21.9. The Hall–Kier alpha value is -4.91. The standard InChI is InChI=1S/C26H17F3N6O3S/c1-15(17-7-4-8-20(12-17)35(37)38)31-32-24(36)21-14-39-25(30-21)34-22(13-23(33-34)26(27,28)29)19-10-9-16-5-2-3-6-18(16)11-19/h2-14H,1H3,(H,32,36)/b31-15-. The Morgan fingerprint density at radius 1 is 1.05 bits per heavy atom. The molecule has 13 heteroatoms. The molecule has 9 nitrogen and oxygen atoms in total. The smallest absolute Gasteiger partial charge is 0.266 e. The molecule has 39 heavy (non-hydrogen) atoms. The fourth-order valence-electron chi connectivity index (χ4n) is 3.79. The minimum Gasteiger partial charge on any atom is -0.266 e. The first-order valence-corrected chi connectivity index (χ1v) is 12.2. The fourth-order valence-corrected chi connectivity index (χ4v) is 4.55. The van der Waals surface area contributed by atoms with Gasteiger partial charge in [-0.2, -0.15) is 23.4 Å². The zero-order chi connectivity index (χ0) is 27.7. The number of nitrogens with one attached hydrogen (secondary N) is 1. The number of nitro groups is 1. The number of carbonyl (C=O) groups excluding carboxylic acids is 1. The number of halogens is 3. The summed E-state index contributed by atoms with van der Waals surface area (Å²) in [4.78, 5) is 27.3. The molecule has 0 aliphatic rings. The summed E-state index contributed by atoms with van der Waals surface area (Å²) in [5.74, 6) is -0.710. The van der Waals surface area contributed by atoms with Crippen LogP contribution in [-0.4, -0.2) is 31.3 Å². The average Bonchev–Trinajstić information content (AvgIpc) is 3.59. The molecule has 2 heterocycles. The third-order valence-electron chi connectivity index (χ3n) is 5.75. The largest absolute Gasteiger partial charge is 0.435 e. The molecular weight excluding hydrogens is 533 g/mol. The van der Waals surface area contributed by atoms with E-state index in [0.717, 1.165) is 32.9 Å². The normalized spacial score (nSPS) is 12.1. The summed E-state index contributed by atoms with van der Waals surface area (Å²) < 4.78 is 41.8. The van der Waals surface area contributed by atoms with Crippen LogP contribution in [0.4, 0.5) is 18.9 Å². The van der Waals surface area contributed by atoms with Crippen LogP contribution < -0.4 is 5.43 Å². The van der Waals surface area contributed by atoms with Crippen molar-refractivity contribution in [3.05, 3.63) is 105 Å². The Labute approximate surface area is 222 Å². The van der Waals surface area contributed by atoms with Gasteiger partial charge in [-0.3, -0.25) is 14.9 Å². The van der Waals surface area contributed by atoms with Crippen LogP contribution in [-0.2, 0) is 6.18 Å². The van der Waals surface area contributed by atoms with E-state index >= 15 is 0 Å². The molecule has 3 aromatic carbocycles. The number of fused-ring (bicyclic) bond motifs is 1. The van der Waals surface area contributed by atoms with Gasteiger partial charge in [-0.25, -0.2) is 15.1 Å². The summed E-state index contributed by atoms with van der Waals surface area (Å²) in [6.07, 6.45) is -4.69. The fraction of sp³-hybridized carbons (Fsp3) is 0.0769. The average molecular weight is 551 g/mol. The van der Waals surface area contributed by atoms with Crippen molar-refractivity contribution in [2.45, 2.75) is 13.1 Å². The van der Waals surface area contributed by atoms with Crippen molar-refractivity contribution >= 4 is 39.4 Å². The number of non-ortho nitro benzene ring substituents is 1. The number of amides is 1. The molecule has 5 rings (SSSR count). The molecule has 0 fully saturated rings. The van der Waals surface area contributed by atoms with Gasteiger partial charge in [0.05, 0.1) is 16.3 Å². The second-order valence-electron chi connectivity index (χ2n) is 8.35. The summed E-state index contributed by atoms with van der Waals surface area (Å²) in [6, 6.07) is 19.4. The number of rotatable bonds is 6. The van der Waals surface area contributed by atoms with Crippen molar-refractivity contribution in [1.82, 2.24) is 20.2 Å². The SMILES string of the molecule is C/C(=N/NC(=O)c1csc(-n2nc(C(F)(F)F)cc2-c2ccc3ccccc3c2)n1)c1cccc([N+](=O)[O-])c1. The van der Waals surface area contributed by atoms with Crippen molar-refractivity contribution < 1.29 is 22.9 Å². The minimum atomic E-state index is -4.69. The molecule has 196 valence electrons. The van der Waals surface area contributed by atoms with Crippen LogP contribution in [0.2, 0.25) is 0 Å². The van der Waals surface area contributed by atoms with E-state index in [4.69, 9.17) is 0 Å². The zero-order valence-corrected chi connectivity index (χ0v) is 20.8. The Morgan fingerprint density at radius 3 is 2.56 bits per heavy atom. The summed E-state index contributed by atoms with van der Waals surface area (Å²) in [6.45, 7) is 1.56. The molecule has 0 unspecified atom stereocenters. The molecule has 0 bridgehead atoms. The van der Waals surface area contributed by atoms with Gasteiger partial charge in [-0.05, 0) is 29.8 Å². The van der Waals surface area contributed by atoms with Gasteiger partial charge in [-0.15, -0.1) is 11.3 Å². The van der Waals surface area contributed by atoms with Crippen LogP contribution in [0, 0.1) is 10.1 Å². The predicted octanol–water partition coefficient (Wildman–Crippen LogP) is 6.23. The van der Waals surface area contributed by atoms with Gasteiger partial charge >= 0.3 is 6.18 Å². The van der Waals surface area contributed by atoms with E-state index in [-0.39, 0.29) is 22.2 Å². The Bertz CT molecular complexity index is 1760. The second-order valence-corrected chi connectivity index (χ2v) is 9.18. The highest BCUT2D eigenvalue weighted by Crippen LogP contribution is 2.34. The Morgan fingerprint density at radius 2 is 1.82 bits per heavy atom. The molecule has 1 N–H and O–H groups in total. The Kier molecular flexibility index (Phi) is 6.66. The maximum Gasteiger partial charge on any atom is 0.435 e. The van der Waals surface area contributed by atoms with E-state index in [0.29, 0.717) is 16.8 Å². The van der Waals surface area contributed by atoms with Gasteiger partial charge in [0, 0.05) is 28.6 Å². The van der Waals surface area contributed by atoms with Crippen LogP contribution in [0.1, 0.15) is 28.7 Å². The number of aromatic nitrogens is 3. The van der Waals surface area contributed by atoms with Crippen LogP contribution in [0.25, 0.3) is 27.2 Å². The minimum absolute atomic E-state index is 0.0539. The number of hydrogen-bond donors (Lipinski definition) is 1. The number of thiazole rings is 1. The first kappa shape index (κ1) is 25.7. The molecule has 2 aromatic heterocycles. The second kappa shape index (κ2) is 10.1. The molecule has 0 aliphatic carbocycles. The van der Waals surface area contributed by atoms with Crippen molar-refractivity contribution in [3.8, 4) is 16.4 Å². The maximum absolute atomic E-state index is 13.6. The first-order valence-electron chi connectivity index (χ1n) is 11.3. The predicted molar refractivity (Wildman–Crippen MR) is 140 cm³/mol. The monoisotopic (exact) mass is 550 g/mol. The lowest BCUT2D eigenvalue weighted by molar-refractivity contribution is -0.384. The molecule has 0 atom stereocenters. The van der Waals surface area contributed by atoms with E-state index in [2.05, 4.69) is 20.6 Å². The van der Waals surface area contributed by atoms with E-state index in [9.17, 15) is 28.1 Å². The van der Waals surface area contributed by atoms with Crippen LogP contribution in [0.3, 0.4) is 0 Å². The molecule has 5 aromatic rings. The highest BCUT2D eigenvalue weighted by molar-refractivity contribution is 7.12. The van der Waals surface area contributed by atoms with Crippen LogP contribution >= 0.6 is 11.3 Å². The number of nitrogens with zero attached hydrogens (tertiary/aromatic N) is 5. The highest BCUT2D eigenvalue weighted by atomic mass is 32.1. The molecule has 0 saturated carbocycles. The van der Waals surface area contributed by atoms with Gasteiger partial charge in [0.25, 0.3) is 11.6 Å². The topological polar surface area (TPSA) is 115 Å². The quantitative estimate of drug-likeness (QED) is 0.153. The maximum atomic E-state index is 13.6. The molecule has 0 radical (unpaired) electrons.